The summed E-state index contributed by atoms with van der Waals surface area (Å²) in [5.41, 5.74) is 7.60. The van der Waals surface area contributed by atoms with Crippen molar-refractivity contribution < 1.29 is 0 Å². The van der Waals surface area contributed by atoms with Gasteiger partial charge in [-0.05, 0) is 62.2 Å². The first-order chi connectivity index (χ1) is 11.5. The van der Waals surface area contributed by atoms with E-state index in [2.05, 4.69) is 73.1 Å². The minimum atomic E-state index is 0.765. The molecule has 0 atom stereocenters. The maximum atomic E-state index is 6.00. The normalized spacial score (nSPS) is 11.0. The van der Waals surface area contributed by atoms with Crippen LogP contribution in [0.15, 0.2) is 54.6 Å². The molecule has 0 radical (unpaired) electrons. The van der Waals surface area contributed by atoms with Gasteiger partial charge in [0.1, 0.15) is 0 Å². The molecular weight excluding hydrogens is 316 g/mol. The lowest BCUT2D eigenvalue weighted by Crippen LogP contribution is -2.13. The molecule has 3 heteroatoms. The van der Waals surface area contributed by atoms with Crippen molar-refractivity contribution in [2.75, 3.05) is 0 Å². The molecule has 0 amide bonds. The first kappa shape index (κ1) is 16.8. The van der Waals surface area contributed by atoms with Crippen LogP contribution in [0, 0.1) is 20.8 Å². The number of aryl methyl sites for hydroxylation is 2. The van der Waals surface area contributed by atoms with Crippen LogP contribution in [0.2, 0.25) is 5.02 Å². The summed E-state index contributed by atoms with van der Waals surface area (Å²) in [4.78, 5) is 0. The monoisotopic (exact) mass is 338 g/mol. The summed E-state index contributed by atoms with van der Waals surface area (Å²) < 4.78 is 2.28. The smallest absolute Gasteiger partial charge is 0.0456 e. The number of nitrogens with zero attached hydrogens (tertiary/aromatic N) is 1. The Kier molecular flexibility index (Phi) is 5.08. The van der Waals surface area contributed by atoms with E-state index in [1.807, 2.05) is 12.1 Å². The number of hydrogen-bond acceptors (Lipinski definition) is 1. The largest absolute Gasteiger partial charge is 0.318 e. The lowest BCUT2D eigenvalue weighted by Gasteiger charge is -2.10. The van der Waals surface area contributed by atoms with E-state index in [-0.39, 0.29) is 0 Å². The molecular formula is C21H23ClN2. The lowest BCUT2D eigenvalue weighted by molar-refractivity contribution is 0.689. The zero-order valence-electron chi connectivity index (χ0n) is 14.4. The molecule has 3 aromatic rings. The van der Waals surface area contributed by atoms with Crippen LogP contribution < -0.4 is 5.32 Å². The van der Waals surface area contributed by atoms with Gasteiger partial charge >= 0.3 is 0 Å². The van der Waals surface area contributed by atoms with Crippen molar-refractivity contribution in [1.82, 2.24) is 9.88 Å². The highest BCUT2D eigenvalue weighted by atomic mass is 35.5. The predicted octanol–water partition coefficient (Wildman–Crippen LogP) is 5.35. The summed E-state index contributed by atoms with van der Waals surface area (Å²) in [6, 6.07) is 18.9. The van der Waals surface area contributed by atoms with Crippen LogP contribution in [0.5, 0.6) is 0 Å². The minimum Gasteiger partial charge on any atom is -0.318 e. The predicted molar refractivity (Wildman–Crippen MR) is 102 cm³/mol. The quantitative estimate of drug-likeness (QED) is 0.664. The third-order valence-electron chi connectivity index (χ3n) is 4.39. The van der Waals surface area contributed by atoms with Crippen LogP contribution in [-0.4, -0.2) is 4.57 Å². The molecule has 2 aromatic carbocycles. The third-order valence-corrected chi connectivity index (χ3v) is 4.64. The summed E-state index contributed by atoms with van der Waals surface area (Å²) in [5.74, 6) is 0. The molecule has 0 bridgehead atoms. The fourth-order valence-corrected chi connectivity index (χ4v) is 3.17. The molecule has 0 saturated heterocycles. The summed E-state index contributed by atoms with van der Waals surface area (Å²) in [6.45, 7) is 8.17. The molecule has 0 saturated carbocycles. The zero-order chi connectivity index (χ0) is 17.1. The van der Waals surface area contributed by atoms with Gasteiger partial charge < -0.3 is 9.88 Å². The van der Waals surface area contributed by atoms with Crippen molar-refractivity contribution in [1.29, 1.82) is 0 Å². The Balaban J connectivity index is 1.72. The lowest BCUT2D eigenvalue weighted by atomic mass is 10.1. The fraction of sp³-hybridized carbons (Fsp3) is 0.238. The number of benzene rings is 2. The van der Waals surface area contributed by atoms with Crippen molar-refractivity contribution in [2.45, 2.75) is 33.9 Å². The molecule has 1 N–H and O–H groups in total. The first-order valence-corrected chi connectivity index (χ1v) is 8.62. The molecule has 3 rings (SSSR count). The Bertz CT molecular complexity index is 814. The Morgan fingerprint density at radius 3 is 2.21 bits per heavy atom. The zero-order valence-corrected chi connectivity index (χ0v) is 15.2. The van der Waals surface area contributed by atoms with E-state index >= 15 is 0 Å². The van der Waals surface area contributed by atoms with Gasteiger partial charge in [-0.15, -0.1) is 0 Å². The van der Waals surface area contributed by atoms with Crippen LogP contribution in [0.4, 0.5) is 0 Å². The highest BCUT2D eigenvalue weighted by molar-refractivity contribution is 6.30. The van der Waals surface area contributed by atoms with E-state index < -0.39 is 0 Å². The van der Waals surface area contributed by atoms with Gasteiger partial charge in [-0.25, -0.2) is 0 Å². The van der Waals surface area contributed by atoms with Crippen molar-refractivity contribution in [2.24, 2.45) is 0 Å². The van der Waals surface area contributed by atoms with Gasteiger partial charge in [-0.1, -0.05) is 41.4 Å². The van der Waals surface area contributed by atoms with Gasteiger partial charge in [0, 0.05) is 35.2 Å². The van der Waals surface area contributed by atoms with E-state index in [0.717, 1.165) is 23.8 Å². The SMILES string of the molecule is Cc1ccc(CNCc2cc(C)n(-c3ccc(Cl)cc3)c2C)cc1. The molecule has 0 aliphatic carbocycles. The topological polar surface area (TPSA) is 17.0 Å². The molecule has 0 aliphatic heterocycles. The molecule has 0 unspecified atom stereocenters. The summed E-state index contributed by atoms with van der Waals surface area (Å²) in [5, 5.41) is 4.31. The van der Waals surface area contributed by atoms with Gasteiger partial charge in [0.15, 0.2) is 0 Å². The van der Waals surface area contributed by atoms with Crippen molar-refractivity contribution in [3.63, 3.8) is 0 Å². The van der Waals surface area contributed by atoms with Crippen LogP contribution in [0.25, 0.3) is 5.69 Å². The highest BCUT2D eigenvalue weighted by Gasteiger charge is 2.10. The summed E-state index contributed by atoms with van der Waals surface area (Å²) in [6.07, 6.45) is 0. The number of rotatable bonds is 5. The van der Waals surface area contributed by atoms with Gasteiger partial charge in [0.05, 0.1) is 0 Å². The number of halogens is 1. The average Bonchev–Trinajstić information content (AvgIpc) is 2.85. The van der Waals surface area contributed by atoms with Crippen LogP contribution in [-0.2, 0) is 13.1 Å². The fourth-order valence-electron chi connectivity index (χ4n) is 3.04. The second kappa shape index (κ2) is 7.25. The maximum Gasteiger partial charge on any atom is 0.0456 e. The Labute approximate surface area is 149 Å². The molecule has 24 heavy (non-hydrogen) atoms. The Hall–Kier alpha value is -2.03. The van der Waals surface area contributed by atoms with Crippen molar-refractivity contribution in [3.8, 4) is 5.69 Å². The second-order valence-electron chi connectivity index (χ2n) is 6.30. The number of aromatic nitrogens is 1. The van der Waals surface area contributed by atoms with Crippen LogP contribution in [0.1, 0.15) is 28.1 Å². The average molecular weight is 339 g/mol. The molecule has 2 nitrogen and oxygen atoms in total. The molecule has 0 aliphatic rings. The maximum absolute atomic E-state index is 6.00. The van der Waals surface area contributed by atoms with E-state index in [4.69, 9.17) is 11.6 Å². The van der Waals surface area contributed by atoms with Gasteiger partial charge in [-0.3, -0.25) is 0 Å². The first-order valence-electron chi connectivity index (χ1n) is 8.24. The Morgan fingerprint density at radius 2 is 1.54 bits per heavy atom. The summed E-state index contributed by atoms with van der Waals surface area (Å²) >= 11 is 6.00. The summed E-state index contributed by atoms with van der Waals surface area (Å²) in [7, 11) is 0. The third kappa shape index (κ3) is 3.72. The highest BCUT2D eigenvalue weighted by Crippen LogP contribution is 2.22. The van der Waals surface area contributed by atoms with Crippen LogP contribution >= 0.6 is 11.6 Å². The number of hydrogen-bond donors (Lipinski definition) is 1. The standard InChI is InChI=1S/C21H23ClN2/c1-15-4-6-18(7-5-15)13-23-14-19-12-16(2)24(17(19)3)21-10-8-20(22)9-11-21/h4-12,23H,13-14H2,1-3H3. The second-order valence-corrected chi connectivity index (χ2v) is 6.73. The molecule has 0 fully saturated rings. The Morgan fingerprint density at radius 1 is 0.875 bits per heavy atom. The van der Waals surface area contributed by atoms with Crippen LogP contribution in [0.3, 0.4) is 0 Å². The van der Waals surface area contributed by atoms with Gasteiger partial charge in [0.25, 0.3) is 0 Å². The van der Waals surface area contributed by atoms with Crippen molar-refractivity contribution >= 4 is 11.6 Å². The number of nitrogens with one attached hydrogen (secondary N) is 1. The van der Waals surface area contributed by atoms with Crippen molar-refractivity contribution in [3.05, 3.63) is 87.7 Å². The molecule has 124 valence electrons. The molecule has 1 heterocycles. The van der Waals surface area contributed by atoms with E-state index in [1.54, 1.807) is 0 Å². The van der Waals surface area contributed by atoms with Gasteiger partial charge in [-0.2, -0.15) is 0 Å². The van der Waals surface area contributed by atoms with Gasteiger partial charge in [0.2, 0.25) is 0 Å². The molecule has 0 spiro atoms. The minimum absolute atomic E-state index is 0.765. The van der Waals surface area contributed by atoms with E-state index in [0.29, 0.717) is 0 Å². The van der Waals surface area contributed by atoms with E-state index in [9.17, 15) is 0 Å². The molecule has 1 aromatic heterocycles. The van der Waals surface area contributed by atoms with E-state index in [1.165, 1.54) is 28.1 Å².